The molecule has 0 fully saturated rings. The van der Waals surface area contributed by atoms with Crippen LogP contribution in [0.2, 0.25) is 5.02 Å². The average molecular weight is 393 g/mol. The number of aliphatic imine (C=N–C) groups is 1. The number of aromatic nitrogens is 1. The zero-order chi connectivity index (χ0) is 19.9. The van der Waals surface area contributed by atoms with Crippen molar-refractivity contribution in [1.29, 1.82) is 0 Å². The number of guanidine groups is 1. The van der Waals surface area contributed by atoms with Crippen LogP contribution in [0.4, 0.5) is 5.69 Å². The zero-order valence-electron chi connectivity index (χ0n) is 15.7. The summed E-state index contributed by atoms with van der Waals surface area (Å²) in [4.78, 5) is 21.4. The third kappa shape index (κ3) is 5.18. The Morgan fingerprint density at radius 1 is 1.04 bits per heavy atom. The fraction of sp³-hybridized carbons (Fsp3) is 0.136. The Morgan fingerprint density at radius 2 is 1.82 bits per heavy atom. The molecule has 0 bridgehead atoms. The molecular formula is C22H21ClN4O. The maximum absolute atomic E-state index is 12.6. The molecule has 0 saturated carbocycles. The minimum Gasteiger partial charge on any atom is -0.326 e. The summed E-state index contributed by atoms with van der Waals surface area (Å²) in [6, 6.07) is 18.5. The number of nitrogens with one attached hydrogen (secondary N) is 2. The fourth-order valence-corrected chi connectivity index (χ4v) is 2.69. The summed E-state index contributed by atoms with van der Waals surface area (Å²) >= 11 is 6.21. The quantitative estimate of drug-likeness (QED) is 0.497. The van der Waals surface area contributed by atoms with E-state index in [-0.39, 0.29) is 5.91 Å². The molecule has 1 heterocycles. The minimum atomic E-state index is -0.244. The molecule has 6 heteroatoms. The van der Waals surface area contributed by atoms with Gasteiger partial charge in [0.25, 0.3) is 5.91 Å². The van der Waals surface area contributed by atoms with Crippen LogP contribution < -0.4 is 10.6 Å². The van der Waals surface area contributed by atoms with Crippen molar-refractivity contribution in [1.82, 2.24) is 10.3 Å². The van der Waals surface area contributed by atoms with E-state index >= 15 is 0 Å². The highest BCUT2D eigenvalue weighted by Gasteiger charge is 2.11. The van der Waals surface area contributed by atoms with Crippen molar-refractivity contribution in [2.24, 2.45) is 4.99 Å². The Balaban J connectivity index is 1.84. The van der Waals surface area contributed by atoms with E-state index in [9.17, 15) is 4.79 Å². The van der Waals surface area contributed by atoms with E-state index in [4.69, 9.17) is 11.6 Å². The van der Waals surface area contributed by atoms with Crippen molar-refractivity contribution < 1.29 is 4.79 Å². The number of halogens is 1. The molecular weight excluding hydrogens is 372 g/mol. The number of amides is 1. The molecule has 0 radical (unpaired) electrons. The zero-order valence-corrected chi connectivity index (χ0v) is 16.5. The summed E-state index contributed by atoms with van der Waals surface area (Å²) in [5.74, 6) is 0.0912. The van der Waals surface area contributed by atoms with Gasteiger partial charge in [-0.2, -0.15) is 0 Å². The van der Waals surface area contributed by atoms with Gasteiger partial charge in [-0.25, -0.2) is 4.99 Å². The number of pyridine rings is 1. The third-order valence-corrected chi connectivity index (χ3v) is 4.60. The minimum absolute atomic E-state index is 0.244. The second-order valence-corrected chi connectivity index (χ2v) is 6.75. The Hall–Kier alpha value is -3.18. The number of aryl methyl sites for hydroxylation is 1. The Bertz CT molecular complexity index is 985. The molecule has 0 aliphatic heterocycles. The van der Waals surface area contributed by atoms with Gasteiger partial charge in [-0.1, -0.05) is 41.4 Å². The number of rotatable bonds is 4. The van der Waals surface area contributed by atoms with E-state index in [0.29, 0.717) is 23.1 Å². The van der Waals surface area contributed by atoms with Gasteiger partial charge >= 0.3 is 0 Å². The van der Waals surface area contributed by atoms with Gasteiger partial charge in [0.15, 0.2) is 0 Å². The lowest BCUT2D eigenvalue weighted by Crippen LogP contribution is -2.36. The number of benzene rings is 2. The van der Waals surface area contributed by atoms with Crippen LogP contribution in [-0.4, -0.2) is 16.9 Å². The van der Waals surface area contributed by atoms with Gasteiger partial charge in [-0.15, -0.1) is 0 Å². The Labute approximate surface area is 169 Å². The molecule has 0 aliphatic rings. The highest BCUT2D eigenvalue weighted by atomic mass is 35.5. The van der Waals surface area contributed by atoms with Crippen molar-refractivity contribution in [3.05, 3.63) is 94.3 Å². The molecule has 3 aromatic rings. The monoisotopic (exact) mass is 392 g/mol. The Morgan fingerprint density at radius 3 is 2.54 bits per heavy atom. The second kappa shape index (κ2) is 9.15. The van der Waals surface area contributed by atoms with Gasteiger partial charge in [-0.05, 0) is 55.8 Å². The largest absolute Gasteiger partial charge is 0.326 e. The van der Waals surface area contributed by atoms with Crippen LogP contribution in [0, 0.1) is 13.8 Å². The van der Waals surface area contributed by atoms with Crippen molar-refractivity contribution in [2.75, 3.05) is 5.32 Å². The maximum atomic E-state index is 12.6. The number of hydrogen-bond acceptors (Lipinski definition) is 3. The van der Waals surface area contributed by atoms with Gasteiger partial charge in [0, 0.05) is 22.5 Å². The van der Waals surface area contributed by atoms with Crippen LogP contribution >= 0.6 is 11.6 Å². The number of anilines is 1. The molecule has 5 nitrogen and oxygen atoms in total. The summed E-state index contributed by atoms with van der Waals surface area (Å²) < 4.78 is 0. The van der Waals surface area contributed by atoms with E-state index in [1.807, 2.05) is 62.4 Å². The summed E-state index contributed by atoms with van der Waals surface area (Å²) in [6.45, 7) is 4.21. The van der Waals surface area contributed by atoms with Gasteiger partial charge in [0.05, 0.1) is 12.2 Å². The van der Waals surface area contributed by atoms with Crippen LogP contribution in [0.1, 0.15) is 27.2 Å². The molecule has 1 aromatic heterocycles. The highest BCUT2D eigenvalue weighted by molar-refractivity contribution is 6.31. The molecule has 1 amide bonds. The van der Waals surface area contributed by atoms with E-state index in [0.717, 1.165) is 22.5 Å². The summed E-state index contributed by atoms with van der Waals surface area (Å²) in [5.41, 5.74) is 4.10. The Kier molecular flexibility index (Phi) is 6.40. The third-order valence-electron chi connectivity index (χ3n) is 4.19. The molecule has 0 atom stereocenters. The fourth-order valence-electron chi connectivity index (χ4n) is 2.52. The topological polar surface area (TPSA) is 66.4 Å². The molecule has 0 aliphatic carbocycles. The van der Waals surface area contributed by atoms with Crippen LogP contribution in [0.5, 0.6) is 0 Å². The normalized spacial score (nSPS) is 11.2. The molecule has 0 spiro atoms. The number of carbonyl (C=O) groups excluding carboxylic acids is 1. The van der Waals surface area contributed by atoms with Crippen LogP contribution in [0.3, 0.4) is 0 Å². The summed E-state index contributed by atoms with van der Waals surface area (Å²) in [7, 11) is 0. The van der Waals surface area contributed by atoms with E-state index in [1.165, 1.54) is 0 Å². The van der Waals surface area contributed by atoms with E-state index in [1.54, 1.807) is 18.3 Å². The van der Waals surface area contributed by atoms with Gasteiger partial charge in [0.1, 0.15) is 0 Å². The first-order valence-corrected chi connectivity index (χ1v) is 9.25. The van der Waals surface area contributed by atoms with Crippen LogP contribution in [-0.2, 0) is 6.54 Å². The van der Waals surface area contributed by atoms with E-state index < -0.39 is 0 Å². The standard InChI is InChI=1S/C22H21ClN4O/c1-15-9-11-17(12-10-15)21(28)27-22(25-14-18-6-3-4-13-24-18)26-20-8-5-7-19(23)16(20)2/h3-13H,14H2,1-2H3,(H2,25,26,27,28). The first-order chi connectivity index (χ1) is 13.5. The lowest BCUT2D eigenvalue weighted by atomic mass is 10.1. The van der Waals surface area contributed by atoms with Crippen LogP contribution in [0.25, 0.3) is 0 Å². The predicted molar refractivity (Wildman–Crippen MR) is 114 cm³/mol. The van der Waals surface area contributed by atoms with Crippen molar-refractivity contribution in [3.8, 4) is 0 Å². The van der Waals surface area contributed by atoms with Gasteiger partial charge in [0.2, 0.25) is 5.96 Å². The molecule has 0 unspecified atom stereocenters. The first-order valence-electron chi connectivity index (χ1n) is 8.87. The summed E-state index contributed by atoms with van der Waals surface area (Å²) in [6.07, 6.45) is 1.71. The van der Waals surface area contributed by atoms with Crippen molar-refractivity contribution in [3.63, 3.8) is 0 Å². The molecule has 142 valence electrons. The molecule has 2 N–H and O–H groups in total. The SMILES string of the molecule is Cc1ccc(C(=O)NC(=NCc2ccccn2)Nc2cccc(Cl)c2C)cc1. The average Bonchev–Trinajstić information content (AvgIpc) is 2.71. The molecule has 2 aromatic carbocycles. The lowest BCUT2D eigenvalue weighted by molar-refractivity contribution is 0.0977. The second-order valence-electron chi connectivity index (χ2n) is 6.34. The molecule has 28 heavy (non-hydrogen) atoms. The molecule has 3 rings (SSSR count). The van der Waals surface area contributed by atoms with E-state index in [2.05, 4.69) is 20.6 Å². The lowest BCUT2D eigenvalue weighted by Gasteiger charge is -2.14. The maximum Gasteiger partial charge on any atom is 0.257 e. The molecule has 0 saturated heterocycles. The van der Waals surface area contributed by atoms with Gasteiger partial charge < -0.3 is 5.32 Å². The number of carbonyl (C=O) groups is 1. The van der Waals surface area contributed by atoms with Crippen molar-refractivity contribution >= 4 is 29.2 Å². The first kappa shape index (κ1) is 19.6. The van der Waals surface area contributed by atoms with Gasteiger partial charge in [-0.3, -0.25) is 15.1 Å². The van der Waals surface area contributed by atoms with Crippen molar-refractivity contribution in [2.45, 2.75) is 20.4 Å². The highest BCUT2D eigenvalue weighted by Crippen LogP contribution is 2.22. The summed E-state index contributed by atoms with van der Waals surface area (Å²) in [5, 5.41) is 6.66. The number of hydrogen-bond donors (Lipinski definition) is 2. The predicted octanol–water partition coefficient (Wildman–Crippen LogP) is 4.75. The smallest absolute Gasteiger partial charge is 0.257 e. The van der Waals surface area contributed by atoms with Crippen LogP contribution in [0.15, 0.2) is 71.9 Å². The number of nitrogens with zero attached hydrogens (tertiary/aromatic N) is 2.